The average Bonchev–Trinajstić information content (AvgIpc) is 2.04. The molecule has 1 atom stereocenters. The Bertz CT molecular complexity index is 178. The van der Waals surface area contributed by atoms with Gasteiger partial charge in [-0.3, -0.25) is 0 Å². The molecule has 0 saturated carbocycles. The number of rotatable bonds is 3. The van der Waals surface area contributed by atoms with Gasteiger partial charge in [0.1, 0.15) is 0 Å². The number of aliphatic hydroxyl groups is 1. The summed E-state index contributed by atoms with van der Waals surface area (Å²) in [6.07, 6.45) is 2.43. The Morgan fingerprint density at radius 3 is 2.62 bits per heavy atom. The maximum atomic E-state index is 9.31. The van der Waals surface area contributed by atoms with E-state index in [1.54, 1.807) is 0 Å². The lowest BCUT2D eigenvalue weighted by molar-refractivity contribution is 0.0663. The second-order valence-electron chi connectivity index (χ2n) is 3.79. The maximum Gasteiger partial charge on any atom is 0.0742 e. The molecular weight excluding hydrogens is 184 g/mol. The van der Waals surface area contributed by atoms with Crippen LogP contribution < -0.4 is 5.73 Å². The van der Waals surface area contributed by atoms with Gasteiger partial charge in [-0.15, -0.1) is 0 Å². The lowest BCUT2D eigenvalue weighted by Crippen LogP contribution is -2.42. The molecule has 3 nitrogen and oxygen atoms in total. The molecule has 0 aromatic heterocycles. The van der Waals surface area contributed by atoms with Crippen molar-refractivity contribution >= 4 is 17.2 Å². The highest BCUT2D eigenvalue weighted by molar-refractivity contribution is 7.80. The Kier molecular flexibility index (Phi) is 4.09. The van der Waals surface area contributed by atoms with Crippen molar-refractivity contribution in [2.75, 3.05) is 13.1 Å². The zero-order valence-electron chi connectivity index (χ0n) is 8.07. The van der Waals surface area contributed by atoms with Crippen molar-refractivity contribution < 1.29 is 5.11 Å². The Labute approximate surface area is 84.9 Å². The number of hydrogen-bond acceptors (Lipinski definition) is 3. The summed E-state index contributed by atoms with van der Waals surface area (Å²) in [5, 5.41) is 9.31. The molecular formula is C9H18N2OS. The van der Waals surface area contributed by atoms with E-state index in [2.05, 4.69) is 11.8 Å². The van der Waals surface area contributed by atoms with Crippen LogP contribution in [0.4, 0.5) is 0 Å². The molecule has 1 unspecified atom stereocenters. The summed E-state index contributed by atoms with van der Waals surface area (Å²) in [6, 6.07) is 0.421. The van der Waals surface area contributed by atoms with Crippen molar-refractivity contribution in [3.05, 3.63) is 0 Å². The summed E-state index contributed by atoms with van der Waals surface area (Å²) in [6.45, 7) is 4.06. The van der Waals surface area contributed by atoms with Crippen LogP contribution in [0.2, 0.25) is 0 Å². The lowest BCUT2D eigenvalue weighted by Gasteiger charge is -2.34. The lowest BCUT2D eigenvalue weighted by atomic mass is 10.1. The van der Waals surface area contributed by atoms with Crippen molar-refractivity contribution in [1.82, 2.24) is 4.90 Å². The van der Waals surface area contributed by atoms with Crippen LogP contribution in [0.5, 0.6) is 0 Å². The molecule has 1 aliphatic rings. The van der Waals surface area contributed by atoms with E-state index in [1.165, 1.54) is 0 Å². The van der Waals surface area contributed by atoms with Crippen molar-refractivity contribution in [3.8, 4) is 0 Å². The summed E-state index contributed by atoms with van der Waals surface area (Å²) in [4.78, 5) is 2.92. The minimum absolute atomic E-state index is 0.103. The molecule has 1 fully saturated rings. The normalized spacial score (nSPS) is 22.9. The second kappa shape index (κ2) is 4.88. The smallest absolute Gasteiger partial charge is 0.0742 e. The summed E-state index contributed by atoms with van der Waals surface area (Å²) < 4.78 is 0. The van der Waals surface area contributed by atoms with Crippen molar-refractivity contribution in [2.45, 2.75) is 38.3 Å². The van der Waals surface area contributed by atoms with Gasteiger partial charge in [0.15, 0.2) is 0 Å². The van der Waals surface area contributed by atoms with Gasteiger partial charge in [-0.1, -0.05) is 12.2 Å². The third-order valence-electron chi connectivity index (χ3n) is 2.62. The minimum Gasteiger partial charge on any atom is -0.393 e. The summed E-state index contributed by atoms with van der Waals surface area (Å²) >= 11 is 4.87. The van der Waals surface area contributed by atoms with E-state index in [4.69, 9.17) is 18.0 Å². The van der Waals surface area contributed by atoms with Gasteiger partial charge in [0.05, 0.1) is 11.1 Å². The molecule has 0 bridgehead atoms. The zero-order chi connectivity index (χ0) is 9.84. The van der Waals surface area contributed by atoms with Crippen LogP contribution in [0, 0.1) is 0 Å². The van der Waals surface area contributed by atoms with E-state index in [-0.39, 0.29) is 6.10 Å². The fourth-order valence-corrected chi connectivity index (χ4v) is 1.99. The van der Waals surface area contributed by atoms with E-state index >= 15 is 0 Å². The SMILES string of the molecule is CC(CC(N)=S)N1CCC(O)CC1. The van der Waals surface area contributed by atoms with Gasteiger partial charge in [0.25, 0.3) is 0 Å². The molecule has 0 aromatic carbocycles. The van der Waals surface area contributed by atoms with Crippen LogP contribution in [-0.4, -0.2) is 40.2 Å². The monoisotopic (exact) mass is 202 g/mol. The standard InChI is InChI=1S/C9H18N2OS/c1-7(6-9(10)13)11-4-2-8(12)3-5-11/h7-8,12H,2-6H2,1H3,(H2,10,13). The van der Waals surface area contributed by atoms with Crippen LogP contribution in [0.25, 0.3) is 0 Å². The topological polar surface area (TPSA) is 49.5 Å². The van der Waals surface area contributed by atoms with Gasteiger partial charge in [-0.25, -0.2) is 0 Å². The van der Waals surface area contributed by atoms with E-state index < -0.39 is 0 Å². The van der Waals surface area contributed by atoms with Gasteiger partial charge in [0, 0.05) is 25.6 Å². The van der Waals surface area contributed by atoms with E-state index in [1.807, 2.05) is 0 Å². The molecule has 0 radical (unpaired) electrons. The molecule has 0 amide bonds. The molecule has 1 saturated heterocycles. The number of hydrogen-bond donors (Lipinski definition) is 2. The number of nitrogens with two attached hydrogens (primary N) is 1. The predicted molar refractivity (Wildman–Crippen MR) is 57.7 cm³/mol. The molecule has 4 heteroatoms. The maximum absolute atomic E-state index is 9.31. The summed E-state index contributed by atoms with van der Waals surface area (Å²) in [5.41, 5.74) is 5.48. The van der Waals surface area contributed by atoms with Crippen molar-refractivity contribution in [1.29, 1.82) is 0 Å². The Balaban J connectivity index is 2.31. The molecule has 0 spiro atoms. The number of nitrogens with zero attached hydrogens (tertiary/aromatic N) is 1. The number of thiocarbonyl (C=S) groups is 1. The summed E-state index contributed by atoms with van der Waals surface area (Å²) in [7, 11) is 0. The number of likely N-dealkylation sites (tertiary alicyclic amines) is 1. The molecule has 3 N–H and O–H groups in total. The minimum atomic E-state index is -0.103. The van der Waals surface area contributed by atoms with Gasteiger partial charge in [-0.05, 0) is 19.8 Å². The third-order valence-corrected chi connectivity index (χ3v) is 2.79. The van der Waals surface area contributed by atoms with Gasteiger partial charge < -0.3 is 15.7 Å². The molecule has 0 aromatic rings. The first kappa shape index (κ1) is 10.9. The van der Waals surface area contributed by atoms with Gasteiger partial charge >= 0.3 is 0 Å². The number of aliphatic hydroxyl groups excluding tert-OH is 1. The molecule has 1 rings (SSSR count). The van der Waals surface area contributed by atoms with Crippen LogP contribution in [0.1, 0.15) is 26.2 Å². The van der Waals surface area contributed by atoms with E-state index in [0.717, 1.165) is 32.4 Å². The summed E-state index contributed by atoms with van der Waals surface area (Å²) in [5.74, 6) is 0. The van der Waals surface area contributed by atoms with Crippen LogP contribution >= 0.6 is 12.2 Å². The highest BCUT2D eigenvalue weighted by atomic mass is 32.1. The first-order valence-corrected chi connectivity index (χ1v) is 5.21. The first-order chi connectivity index (χ1) is 6.09. The van der Waals surface area contributed by atoms with E-state index in [0.29, 0.717) is 11.0 Å². The van der Waals surface area contributed by atoms with E-state index in [9.17, 15) is 5.11 Å². The third kappa shape index (κ3) is 3.58. The van der Waals surface area contributed by atoms with Gasteiger partial charge in [0.2, 0.25) is 0 Å². The van der Waals surface area contributed by atoms with Crippen LogP contribution in [0.15, 0.2) is 0 Å². The second-order valence-corrected chi connectivity index (χ2v) is 4.31. The molecule has 0 aliphatic carbocycles. The molecule has 1 heterocycles. The Hall–Kier alpha value is -0.190. The quantitative estimate of drug-likeness (QED) is 0.655. The Morgan fingerprint density at radius 2 is 2.15 bits per heavy atom. The molecule has 76 valence electrons. The highest BCUT2D eigenvalue weighted by Crippen LogP contribution is 2.14. The van der Waals surface area contributed by atoms with Crippen molar-refractivity contribution in [2.24, 2.45) is 5.73 Å². The number of piperidine rings is 1. The largest absolute Gasteiger partial charge is 0.393 e. The van der Waals surface area contributed by atoms with Crippen LogP contribution in [-0.2, 0) is 0 Å². The van der Waals surface area contributed by atoms with Gasteiger partial charge in [-0.2, -0.15) is 0 Å². The Morgan fingerprint density at radius 1 is 1.62 bits per heavy atom. The molecule has 13 heavy (non-hydrogen) atoms. The van der Waals surface area contributed by atoms with Crippen LogP contribution in [0.3, 0.4) is 0 Å². The predicted octanol–water partition coefficient (Wildman–Crippen LogP) is 0.508. The van der Waals surface area contributed by atoms with Crippen molar-refractivity contribution in [3.63, 3.8) is 0 Å². The fraction of sp³-hybridized carbons (Fsp3) is 0.889. The average molecular weight is 202 g/mol. The molecule has 1 aliphatic heterocycles. The fourth-order valence-electron chi connectivity index (χ4n) is 1.75. The first-order valence-electron chi connectivity index (χ1n) is 4.80. The zero-order valence-corrected chi connectivity index (χ0v) is 8.89. The highest BCUT2D eigenvalue weighted by Gasteiger charge is 2.21.